The topological polar surface area (TPSA) is 59.9 Å². The van der Waals surface area contributed by atoms with Gasteiger partial charge in [0.15, 0.2) is 0 Å². The van der Waals surface area contributed by atoms with Crippen LogP contribution in [0.2, 0.25) is 0 Å². The molecular formula is C22H15N3O2. The first-order chi connectivity index (χ1) is 13.3. The van der Waals surface area contributed by atoms with Crippen LogP contribution in [-0.4, -0.2) is 10.9 Å². The molecule has 5 heteroatoms. The van der Waals surface area contributed by atoms with Crippen molar-refractivity contribution >= 4 is 29.1 Å². The van der Waals surface area contributed by atoms with Crippen molar-refractivity contribution in [3.8, 4) is 11.3 Å². The second-order valence-corrected chi connectivity index (χ2v) is 6.31. The average Bonchev–Trinajstić information content (AvgIpc) is 3.37. The van der Waals surface area contributed by atoms with Gasteiger partial charge in [-0.15, -0.1) is 0 Å². The number of nitrogens with zero attached hydrogens (tertiary/aromatic N) is 3. The van der Waals surface area contributed by atoms with Crippen molar-refractivity contribution in [2.75, 3.05) is 0 Å². The first kappa shape index (κ1) is 15.5. The standard InChI is InChI=1S/C13H9N3.C9H6O2/c1-2-12-9-3-4-11-13(15-8-14-11)10(9)5-7-16(12)6-1;10-9-6-5-7-3-1-2-4-8(7)11-9/h1-6,8H,7H2;1-6H. The van der Waals surface area contributed by atoms with Gasteiger partial charge in [-0.1, -0.05) is 24.3 Å². The summed E-state index contributed by atoms with van der Waals surface area (Å²) in [5.41, 5.74) is 3.84. The van der Waals surface area contributed by atoms with Crippen molar-refractivity contribution in [2.45, 2.75) is 6.54 Å². The molecule has 0 spiro atoms. The molecule has 0 radical (unpaired) electrons. The van der Waals surface area contributed by atoms with Crippen LogP contribution in [0.25, 0.3) is 28.3 Å². The summed E-state index contributed by atoms with van der Waals surface area (Å²) in [7, 11) is 0. The lowest BCUT2D eigenvalue weighted by Crippen LogP contribution is -2.29. The molecule has 4 heterocycles. The Hall–Kier alpha value is -3.73. The van der Waals surface area contributed by atoms with Crippen LogP contribution in [0, 0.1) is 0 Å². The van der Waals surface area contributed by atoms with E-state index in [-0.39, 0.29) is 5.63 Å². The molecule has 0 bridgehead atoms. The Labute approximate surface area is 154 Å². The van der Waals surface area contributed by atoms with E-state index in [0.29, 0.717) is 5.58 Å². The van der Waals surface area contributed by atoms with Crippen molar-refractivity contribution < 1.29 is 4.42 Å². The Kier molecular flexibility index (Phi) is 3.57. The number of hydrogen-bond acceptors (Lipinski definition) is 4. The lowest BCUT2D eigenvalue weighted by molar-refractivity contribution is 0.561. The van der Waals surface area contributed by atoms with Crippen LogP contribution in [-0.2, 0) is 6.54 Å². The van der Waals surface area contributed by atoms with E-state index in [1.807, 2.05) is 24.3 Å². The van der Waals surface area contributed by atoms with Gasteiger partial charge in [-0.3, -0.25) is 0 Å². The Bertz CT molecular complexity index is 1380. The van der Waals surface area contributed by atoms with Gasteiger partial charge < -0.3 is 8.98 Å². The molecule has 0 atom stereocenters. The van der Waals surface area contributed by atoms with Crippen molar-refractivity contribution in [3.63, 3.8) is 0 Å². The van der Waals surface area contributed by atoms with Crippen molar-refractivity contribution in [2.24, 2.45) is 9.98 Å². The number of fused-ring (bicyclic) bond motifs is 6. The van der Waals surface area contributed by atoms with Crippen molar-refractivity contribution in [3.05, 3.63) is 87.9 Å². The number of hydrogen-bond donors (Lipinski definition) is 0. The van der Waals surface area contributed by atoms with Gasteiger partial charge in [0.25, 0.3) is 0 Å². The van der Waals surface area contributed by atoms with Crippen molar-refractivity contribution in [1.29, 1.82) is 0 Å². The Morgan fingerprint density at radius 1 is 0.963 bits per heavy atom. The van der Waals surface area contributed by atoms with Crippen LogP contribution in [0.1, 0.15) is 0 Å². The fourth-order valence-electron chi connectivity index (χ4n) is 3.43. The number of benzene rings is 2. The third-order valence-corrected chi connectivity index (χ3v) is 4.71. The van der Waals surface area contributed by atoms with Crippen LogP contribution in [0.15, 0.2) is 86.1 Å². The van der Waals surface area contributed by atoms with Crippen LogP contribution >= 0.6 is 0 Å². The molecule has 2 aromatic carbocycles. The lowest BCUT2D eigenvalue weighted by atomic mass is 10.0. The maximum Gasteiger partial charge on any atom is 0.336 e. The third kappa shape index (κ3) is 2.69. The maximum absolute atomic E-state index is 10.7. The summed E-state index contributed by atoms with van der Waals surface area (Å²) < 4.78 is 7.15. The number of aromatic nitrogens is 1. The summed E-state index contributed by atoms with van der Waals surface area (Å²) >= 11 is 0. The molecular weight excluding hydrogens is 338 g/mol. The third-order valence-electron chi connectivity index (χ3n) is 4.71. The molecule has 2 aliphatic heterocycles. The van der Waals surface area contributed by atoms with E-state index in [4.69, 9.17) is 4.42 Å². The highest BCUT2D eigenvalue weighted by molar-refractivity contribution is 5.75. The van der Waals surface area contributed by atoms with E-state index in [1.165, 1.54) is 22.5 Å². The summed E-state index contributed by atoms with van der Waals surface area (Å²) in [6.07, 6.45) is 5.96. The maximum atomic E-state index is 10.7. The van der Waals surface area contributed by atoms with Gasteiger partial charge in [-0.2, -0.15) is 0 Å². The van der Waals surface area contributed by atoms with Gasteiger partial charge in [0.05, 0.1) is 11.0 Å². The minimum atomic E-state index is -0.302. The molecule has 5 nitrogen and oxygen atoms in total. The van der Waals surface area contributed by atoms with E-state index < -0.39 is 0 Å². The van der Waals surface area contributed by atoms with E-state index in [1.54, 1.807) is 18.5 Å². The summed E-state index contributed by atoms with van der Waals surface area (Å²) in [6, 6.07) is 19.0. The highest BCUT2D eigenvalue weighted by atomic mass is 16.4. The minimum Gasteiger partial charge on any atom is -0.423 e. The Morgan fingerprint density at radius 2 is 1.89 bits per heavy atom. The molecule has 27 heavy (non-hydrogen) atoms. The fraction of sp³-hybridized carbons (Fsp3) is 0.0455. The SMILES string of the molecule is C1=Nc2ccc3c(c2=N1)=CCn1cccc1-3.O=c1ccc2ccccc2o1. The first-order valence-electron chi connectivity index (χ1n) is 8.67. The van der Waals surface area contributed by atoms with Crippen molar-refractivity contribution in [1.82, 2.24) is 4.57 Å². The minimum absolute atomic E-state index is 0.302. The van der Waals surface area contributed by atoms with Crippen LogP contribution in [0.5, 0.6) is 0 Å². The number of rotatable bonds is 0. The second-order valence-electron chi connectivity index (χ2n) is 6.31. The van der Waals surface area contributed by atoms with Gasteiger partial charge in [0, 0.05) is 40.7 Å². The smallest absolute Gasteiger partial charge is 0.336 e. The predicted molar refractivity (Wildman–Crippen MR) is 106 cm³/mol. The normalized spacial score (nSPS) is 12.9. The first-order valence-corrected chi connectivity index (χ1v) is 8.67. The van der Waals surface area contributed by atoms with Gasteiger partial charge in [-0.25, -0.2) is 14.8 Å². The van der Waals surface area contributed by atoms with Gasteiger partial charge in [0.1, 0.15) is 11.9 Å². The van der Waals surface area contributed by atoms with E-state index in [2.05, 4.69) is 45.0 Å². The molecule has 130 valence electrons. The molecule has 0 saturated heterocycles. The van der Waals surface area contributed by atoms with Gasteiger partial charge in [0.2, 0.25) is 0 Å². The Morgan fingerprint density at radius 3 is 2.85 bits per heavy atom. The predicted octanol–water partition coefficient (Wildman–Crippen LogP) is 3.04. The largest absolute Gasteiger partial charge is 0.423 e. The molecule has 0 fully saturated rings. The molecule has 2 aromatic heterocycles. The van der Waals surface area contributed by atoms with E-state index in [9.17, 15) is 4.79 Å². The zero-order chi connectivity index (χ0) is 18.2. The van der Waals surface area contributed by atoms with E-state index >= 15 is 0 Å². The molecule has 6 rings (SSSR count). The highest BCUT2D eigenvalue weighted by Crippen LogP contribution is 2.20. The second kappa shape index (κ2) is 6.21. The summed E-state index contributed by atoms with van der Waals surface area (Å²) in [4.78, 5) is 19.3. The van der Waals surface area contributed by atoms with Crippen LogP contribution in [0.4, 0.5) is 5.69 Å². The summed E-state index contributed by atoms with van der Waals surface area (Å²) in [5, 5.41) is 3.19. The Balaban J connectivity index is 0.000000128. The van der Waals surface area contributed by atoms with E-state index in [0.717, 1.165) is 23.0 Å². The fourth-order valence-corrected chi connectivity index (χ4v) is 3.43. The quantitative estimate of drug-likeness (QED) is 0.456. The average molecular weight is 353 g/mol. The van der Waals surface area contributed by atoms with Gasteiger partial charge in [-0.05, 0) is 36.4 Å². The molecule has 4 aromatic rings. The highest BCUT2D eigenvalue weighted by Gasteiger charge is 2.13. The summed E-state index contributed by atoms with van der Waals surface area (Å²) in [6.45, 7) is 0.918. The number of para-hydroxylation sites is 1. The van der Waals surface area contributed by atoms with Gasteiger partial charge >= 0.3 is 5.63 Å². The van der Waals surface area contributed by atoms with Crippen LogP contribution in [0.3, 0.4) is 0 Å². The molecule has 0 amide bonds. The molecule has 0 saturated carbocycles. The zero-order valence-electron chi connectivity index (χ0n) is 14.4. The molecule has 0 aliphatic carbocycles. The summed E-state index contributed by atoms with van der Waals surface area (Å²) in [5.74, 6) is 0. The molecule has 2 aliphatic rings. The molecule has 0 unspecified atom stereocenters. The lowest BCUT2D eigenvalue weighted by Gasteiger charge is -2.13. The zero-order valence-corrected chi connectivity index (χ0v) is 14.4. The number of aliphatic imine (C=N–C) groups is 1. The molecule has 0 N–H and O–H groups in total. The van der Waals surface area contributed by atoms with Crippen LogP contribution < -0.4 is 16.2 Å². The monoisotopic (exact) mass is 353 g/mol.